The number of aromatic nitrogens is 2. The summed E-state index contributed by atoms with van der Waals surface area (Å²) in [6.07, 6.45) is 0. The molecule has 0 fully saturated rings. The molecular weight excluding hydrogens is 545 g/mol. The van der Waals surface area contributed by atoms with Crippen molar-refractivity contribution in [3.63, 3.8) is 0 Å². The highest BCUT2D eigenvalue weighted by Gasteiger charge is 2.20. The van der Waals surface area contributed by atoms with Crippen LogP contribution in [-0.2, 0) is 0 Å². The highest BCUT2D eigenvalue weighted by atomic mass is 32.1. The lowest BCUT2D eigenvalue weighted by Crippen LogP contribution is -1.97. The Balaban J connectivity index is 1.40. The number of nitriles is 1. The first-order valence-corrected chi connectivity index (χ1v) is 14.9. The zero-order valence-corrected chi connectivity index (χ0v) is 23.6. The molecule has 0 saturated carbocycles. The second-order valence-electron chi connectivity index (χ2n) is 10.8. The summed E-state index contributed by atoms with van der Waals surface area (Å²) in [4.78, 5) is 3.90. The van der Waals surface area contributed by atoms with Gasteiger partial charge in [0.2, 0.25) is 5.69 Å². The van der Waals surface area contributed by atoms with E-state index in [1.165, 1.54) is 10.1 Å². The lowest BCUT2D eigenvalue weighted by molar-refractivity contribution is 1.17. The van der Waals surface area contributed by atoms with Crippen molar-refractivity contribution in [2.24, 2.45) is 0 Å². The first-order valence-electron chi connectivity index (χ1n) is 14.0. The summed E-state index contributed by atoms with van der Waals surface area (Å²) in [5.74, 6) is 0. The van der Waals surface area contributed by atoms with Crippen molar-refractivity contribution in [1.29, 1.82) is 5.26 Å². The minimum absolute atomic E-state index is 0.636. The van der Waals surface area contributed by atoms with Gasteiger partial charge in [-0.25, -0.2) is 4.85 Å². The number of nitrogens with zero attached hydrogens (tertiary/aromatic N) is 4. The number of thiophene rings is 1. The topological polar surface area (TPSA) is 38.0 Å². The van der Waals surface area contributed by atoms with Crippen LogP contribution < -0.4 is 0 Å². The Bertz CT molecular complexity index is 2710. The average molecular weight is 565 g/mol. The molecule has 0 aliphatic heterocycles. The van der Waals surface area contributed by atoms with E-state index in [2.05, 4.69) is 117 Å². The van der Waals surface area contributed by atoms with Gasteiger partial charge in [0.25, 0.3) is 0 Å². The predicted molar refractivity (Wildman–Crippen MR) is 179 cm³/mol. The summed E-state index contributed by atoms with van der Waals surface area (Å²) in [6.45, 7) is 7.92. The quantitative estimate of drug-likeness (QED) is 0.192. The molecule has 0 amide bonds. The van der Waals surface area contributed by atoms with E-state index in [1.807, 2.05) is 24.3 Å². The van der Waals surface area contributed by atoms with E-state index in [0.29, 0.717) is 11.3 Å². The van der Waals surface area contributed by atoms with Gasteiger partial charge in [0, 0.05) is 37.3 Å². The van der Waals surface area contributed by atoms with Crippen LogP contribution in [0.3, 0.4) is 0 Å². The van der Waals surface area contributed by atoms with Gasteiger partial charge in [0.15, 0.2) is 0 Å². The van der Waals surface area contributed by atoms with E-state index < -0.39 is 0 Å². The maximum absolute atomic E-state index is 10.0. The van der Waals surface area contributed by atoms with Crippen LogP contribution in [0.2, 0.25) is 0 Å². The van der Waals surface area contributed by atoms with E-state index in [0.717, 1.165) is 65.1 Å². The monoisotopic (exact) mass is 564 g/mol. The molecule has 0 aliphatic carbocycles. The molecule has 0 bridgehead atoms. The average Bonchev–Trinajstić information content (AvgIpc) is 3.72. The summed E-state index contributed by atoms with van der Waals surface area (Å²) < 4.78 is 6.91. The molecule has 0 N–H and O–H groups in total. The third kappa shape index (κ3) is 3.23. The Hall–Kier alpha value is -5.88. The number of benzene rings is 6. The zero-order chi connectivity index (χ0) is 28.7. The molecule has 6 aromatic carbocycles. The first kappa shape index (κ1) is 23.8. The van der Waals surface area contributed by atoms with Crippen LogP contribution in [-0.4, -0.2) is 9.13 Å². The molecule has 9 aromatic rings. The fraction of sp³-hybridized carbons (Fsp3) is 0. The van der Waals surface area contributed by atoms with Crippen LogP contribution in [0.25, 0.3) is 80.0 Å². The van der Waals surface area contributed by atoms with Crippen molar-refractivity contribution < 1.29 is 0 Å². The van der Waals surface area contributed by atoms with Gasteiger partial charge < -0.3 is 9.13 Å². The second-order valence-corrected chi connectivity index (χ2v) is 11.8. The van der Waals surface area contributed by atoms with Crippen LogP contribution in [0.15, 0.2) is 121 Å². The van der Waals surface area contributed by atoms with Crippen molar-refractivity contribution >= 4 is 80.8 Å². The predicted octanol–water partition coefficient (Wildman–Crippen LogP) is 10.7. The molecular formula is C38H20N4S. The largest absolute Gasteiger partial charge is 0.319 e. The van der Waals surface area contributed by atoms with Gasteiger partial charge in [-0.3, -0.25) is 0 Å². The summed E-state index contributed by atoms with van der Waals surface area (Å²) in [6, 6.07) is 44.3. The highest BCUT2D eigenvalue weighted by Crippen LogP contribution is 2.43. The Kier molecular flexibility index (Phi) is 4.87. The summed E-state index contributed by atoms with van der Waals surface area (Å²) in [5.41, 5.74) is 7.47. The van der Waals surface area contributed by atoms with Crippen molar-refractivity contribution in [2.75, 3.05) is 0 Å². The van der Waals surface area contributed by atoms with Gasteiger partial charge >= 0.3 is 0 Å². The van der Waals surface area contributed by atoms with Crippen LogP contribution in [0.4, 0.5) is 5.69 Å². The normalized spacial score (nSPS) is 11.7. The fourth-order valence-electron chi connectivity index (χ4n) is 6.76. The molecule has 0 aliphatic rings. The zero-order valence-electron chi connectivity index (χ0n) is 22.7. The van der Waals surface area contributed by atoms with Crippen LogP contribution in [0, 0.1) is 17.9 Å². The summed E-state index contributed by atoms with van der Waals surface area (Å²) >= 11 is 1.77. The van der Waals surface area contributed by atoms with Crippen molar-refractivity contribution in [1.82, 2.24) is 9.13 Å². The molecule has 4 nitrogen and oxygen atoms in total. The van der Waals surface area contributed by atoms with Crippen molar-refractivity contribution in [3.05, 3.63) is 138 Å². The lowest BCUT2D eigenvalue weighted by Gasteiger charge is -2.12. The SMILES string of the molecule is [C-]#[N+]c1cccc2c3ccccc3n(-c3ccc4c(c3)c3ccccc3n4-c3cc(C#N)cc4c3sc3ccccc34)c12. The summed E-state index contributed by atoms with van der Waals surface area (Å²) in [7, 11) is 0. The van der Waals surface area contributed by atoms with E-state index in [-0.39, 0.29) is 0 Å². The molecule has 5 heteroatoms. The van der Waals surface area contributed by atoms with Crippen LogP contribution >= 0.6 is 11.3 Å². The van der Waals surface area contributed by atoms with Crippen LogP contribution in [0.1, 0.15) is 5.56 Å². The maximum atomic E-state index is 10.0. The Morgan fingerprint density at radius 1 is 0.605 bits per heavy atom. The maximum Gasteiger partial charge on any atom is 0.211 e. The molecule has 9 rings (SSSR count). The molecule has 0 atom stereocenters. The molecule has 0 spiro atoms. The Labute approximate surface area is 250 Å². The molecule has 3 aromatic heterocycles. The number of para-hydroxylation sites is 3. The highest BCUT2D eigenvalue weighted by molar-refractivity contribution is 7.26. The van der Waals surface area contributed by atoms with E-state index in [9.17, 15) is 5.26 Å². The number of hydrogen-bond acceptors (Lipinski definition) is 2. The van der Waals surface area contributed by atoms with E-state index in [1.54, 1.807) is 11.3 Å². The van der Waals surface area contributed by atoms with Crippen molar-refractivity contribution in [3.8, 4) is 17.4 Å². The molecule has 3 heterocycles. The smallest absolute Gasteiger partial charge is 0.211 e. The molecule has 0 saturated heterocycles. The third-order valence-electron chi connectivity index (χ3n) is 8.54. The van der Waals surface area contributed by atoms with Gasteiger partial charge in [-0.05, 0) is 53.9 Å². The van der Waals surface area contributed by atoms with Crippen LogP contribution in [0.5, 0.6) is 0 Å². The van der Waals surface area contributed by atoms with Gasteiger partial charge in [-0.1, -0.05) is 72.8 Å². The molecule has 198 valence electrons. The number of rotatable bonds is 2. The Morgan fingerprint density at radius 3 is 2.07 bits per heavy atom. The van der Waals surface area contributed by atoms with E-state index in [4.69, 9.17) is 6.57 Å². The summed E-state index contributed by atoms with van der Waals surface area (Å²) in [5, 5.41) is 16.8. The van der Waals surface area contributed by atoms with Gasteiger partial charge in [-0.2, -0.15) is 5.26 Å². The standard InChI is InChI=1S/C38H20N4S/c1-40-31-13-8-12-28-25-9-2-5-14-32(25)41(37(28)31)24-17-18-34-29(21-24)26-10-3-6-15-33(26)42(34)35-20-23(22-39)19-30-27-11-4-7-16-36(27)43-38(30)35/h2-21H. The lowest BCUT2D eigenvalue weighted by atomic mass is 10.1. The van der Waals surface area contributed by atoms with Gasteiger partial charge in [-0.15, -0.1) is 11.3 Å². The third-order valence-corrected chi connectivity index (χ3v) is 9.75. The van der Waals surface area contributed by atoms with Crippen molar-refractivity contribution in [2.45, 2.75) is 0 Å². The fourth-order valence-corrected chi connectivity index (χ4v) is 7.95. The molecule has 0 unspecified atom stereocenters. The Morgan fingerprint density at radius 2 is 1.28 bits per heavy atom. The minimum Gasteiger partial charge on any atom is -0.319 e. The van der Waals surface area contributed by atoms with Gasteiger partial charge in [0.1, 0.15) is 0 Å². The number of fused-ring (bicyclic) bond motifs is 9. The number of hydrogen-bond donors (Lipinski definition) is 0. The van der Waals surface area contributed by atoms with Gasteiger partial charge in [0.05, 0.1) is 50.7 Å². The molecule has 0 radical (unpaired) electrons. The second kappa shape index (κ2) is 8.81. The van der Waals surface area contributed by atoms with E-state index >= 15 is 0 Å². The first-order chi connectivity index (χ1) is 21.2. The molecule has 43 heavy (non-hydrogen) atoms. The minimum atomic E-state index is 0.636.